The number of thiocarbonyl (C=S) groups is 1. The third kappa shape index (κ3) is 4.70. The van der Waals surface area contributed by atoms with Gasteiger partial charge >= 0.3 is 0 Å². The minimum atomic E-state index is -3.00. The van der Waals surface area contributed by atoms with Gasteiger partial charge in [-0.25, -0.2) is 0 Å². The van der Waals surface area contributed by atoms with E-state index in [2.05, 4.69) is 10.6 Å². The minimum Gasteiger partial charge on any atom is -0.388 e. The van der Waals surface area contributed by atoms with Gasteiger partial charge in [-0.15, -0.1) is 0 Å². The van der Waals surface area contributed by atoms with Crippen LogP contribution in [0.3, 0.4) is 0 Å². The second kappa shape index (κ2) is 8.13. The Morgan fingerprint density at radius 3 is 2.95 bits per heavy atom. The summed E-state index contributed by atoms with van der Waals surface area (Å²) in [4.78, 5) is 0. The first-order chi connectivity index (χ1) is 14.6. The van der Waals surface area contributed by atoms with Crippen molar-refractivity contribution in [3.63, 3.8) is 0 Å². The summed E-state index contributed by atoms with van der Waals surface area (Å²) < 4.78 is 76.1. The average molecular weight is 345 g/mol. The molecule has 3 nitrogen and oxygen atoms in total. The summed E-state index contributed by atoms with van der Waals surface area (Å²) >= 11 is 11.0. The Balaban J connectivity index is 2.36. The number of rotatable bonds is 5. The summed E-state index contributed by atoms with van der Waals surface area (Å²) in [6.07, 6.45) is -1.73. The third-order valence-corrected chi connectivity index (χ3v) is 3.19. The molecule has 0 saturated carbocycles. The fraction of sp³-hybridized carbons (Fsp3) is 0.235. The quantitative estimate of drug-likeness (QED) is 0.719. The molecule has 0 spiro atoms. The van der Waals surface area contributed by atoms with Gasteiger partial charge in [0.2, 0.25) is 0 Å². The van der Waals surface area contributed by atoms with Crippen molar-refractivity contribution in [2.24, 2.45) is 0 Å². The highest BCUT2D eigenvalue weighted by Crippen LogP contribution is 2.28. The topological polar surface area (TPSA) is 44.3 Å². The van der Waals surface area contributed by atoms with Crippen molar-refractivity contribution in [1.82, 2.24) is 5.32 Å². The number of halogens is 1. The number of hydrogen-bond donors (Lipinski definition) is 3. The normalized spacial score (nSPS) is 19.5. The lowest BCUT2D eigenvalue weighted by Crippen LogP contribution is -2.28. The van der Waals surface area contributed by atoms with E-state index in [1.165, 1.54) is 18.2 Å². The largest absolute Gasteiger partial charge is 0.388 e. The van der Waals surface area contributed by atoms with E-state index in [9.17, 15) is 5.11 Å². The maximum atomic E-state index is 10.8. The molecule has 0 aliphatic carbocycles. The summed E-state index contributed by atoms with van der Waals surface area (Å²) in [5.74, 6) is 0. The SMILES string of the molecule is [2H]c1c([2H])c([2H])c(CC(O)c2cc(Cl)ccc2NC(=S)NC([2H])([2H])C([2H])([2H])[2H])c([2H])c1[2H]. The zero-order valence-electron chi connectivity index (χ0n) is 21.2. The van der Waals surface area contributed by atoms with E-state index in [0.717, 1.165) is 0 Å². The molecule has 0 radical (unpaired) electrons. The first-order valence-electron chi connectivity index (χ1n) is 11.2. The summed E-state index contributed by atoms with van der Waals surface area (Å²) in [5.41, 5.74) is 0.199. The van der Waals surface area contributed by atoms with Gasteiger partial charge in [-0.05, 0) is 42.8 Å². The van der Waals surface area contributed by atoms with E-state index in [-0.39, 0.29) is 33.4 Å². The highest BCUT2D eigenvalue weighted by Gasteiger charge is 2.14. The fourth-order valence-corrected chi connectivity index (χ4v) is 2.16. The van der Waals surface area contributed by atoms with Crippen LogP contribution >= 0.6 is 23.8 Å². The standard InChI is InChI=1S/C17H19ClN2OS/c1-2-19-17(22)20-15-9-8-13(18)11-14(15)16(21)10-12-6-4-3-5-7-12/h3-9,11,16,21H,2,10H2,1H3,(H2,19,20,22)/i1D3,2D2,3D,4D,5D,6D,7D. The van der Waals surface area contributed by atoms with Crippen molar-refractivity contribution in [3.8, 4) is 0 Å². The maximum absolute atomic E-state index is 10.8. The molecule has 5 heteroatoms. The highest BCUT2D eigenvalue weighted by atomic mass is 35.5. The number of benzene rings is 2. The number of hydrogen-bond acceptors (Lipinski definition) is 2. The molecule has 0 bridgehead atoms. The van der Waals surface area contributed by atoms with Gasteiger partial charge in [-0.3, -0.25) is 0 Å². The number of aliphatic hydroxyl groups is 1. The van der Waals surface area contributed by atoms with Crippen molar-refractivity contribution < 1.29 is 18.8 Å². The molecule has 3 N–H and O–H groups in total. The second-order valence-electron chi connectivity index (χ2n) is 4.26. The molecule has 1 atom stereocenters. The Morgan fingerprint density at radius 2 is 2.23 bits per heavy atom. The smallest absolute Gasteiger partial charge is 0.170 e. The van der Waals surface area contributed by atoms with E-state index in [1.807, 2.05) is 0 Å². The Bertz CT molecular complexity index is 1020. The molecule has 116 valence electrons. The third-order valence-electron chi connectivity index (χ3n) is 2.75. The van der Waals surface area contributed by atoms with Crippen molar-refractivity contribution in [2.45, 2.75) is 19.4 Å². The molecule has 22 heavy (non-hydrogen) atoms. The van der Waals surface area contributed by atoms with Crippen molar-refractivity contribution in [2.75, 3.05) is 11.8 Å². The lowest BCUT2D eigenvalue weighted by Gasteiger charge is -2.18. The molecular weight excluding hydrogens is 316 g/mol. The van der Waals surface area contributed by atoms with Gasteiger partial charge in [0.25, 0.3) is 0 Å². The van der Waals surface area contributed by atoms with E-state index in [1.54, 1.807) is 0 Å². The van der Waals surface area contributed by atoms with Crippen LogP contribution in [0, 0.1) is 0 Å². The lowest BCUT2D eigenvalue weighted by molar-refractivity contribution is 0.179. The predicted molar refractivity (Wildman–Crippen MR) is 96.5 cm³/mol. The molecule has 2 rings (SSSR count). The summed E-state index contributed by atoms with van der Waals surface area (Å²) in [5, 5.41) is 15.3. The number of aliphatic hydroxyl groups excluding tert-OH is 1. The molecule has 0 fully saturated rings. The second-order valence-corrected chi connectivity index (χ2v) is 5.10. The van der Waals surface area contributed by atoms with Crippen LogP contribution in [0.4, 0.5) is 5.69 Å². The van der Waals surface area contributed by atoms with E-state index >= 15 is 0 Å². The molecule has 0 saturated heterocycles. The van der Waals surface area contributed by atoms with Gasteiger partial charge < -0.3 is 15.7 Å². The molecule has 0 aliphatic heterocycles. The van der Waals surface area contributed by atoms with Crippen LogP contribution in [-0.4, -0.2) is 16.7 Å². The predicted octanol–water partition coefficient (Wildman–Crippen LogP) is 3.92. The average Bonchev–Trinajstić information content (AvgIpc) is 2.68. The van der Waals surface area contributed by atoms with Gasteiger partial charge in [0, 0.05) is 36.0 Å². The van der Waals surface area contributed by atoms with Crippen LogP contribution in [0.15, 0.2) is 48.4 Å². The Labute approximate surface area is 155 Å². The van der Waals surface area contributed by atoms with Crippen LogP contribution in [0.2, 0.25) is 5.02 Å². The fourth-order valence-electron chi connectivity index (χ4n) is 1.81. The Morgan fingerprint density at radius 1 is 1.45 bits per heavy atom. The van der Waals surface area contributed by atoms with Crippen LogP contribution in [0.25, 0.3) is 0 Å². The summed E-state index contributed by atoms with van der Waals surface area (Å²) in [6, 6.07) is 1.72. The van der Waals surface area contributed by atoms with E-state index < -0.39 is 49.7 Å². The monoisotopic (exact) mass is 344 g/mol. The zero-order valence-corrected chi connectivity index (χ0v) is 12.8. The van der Waals surface area contributed by atoms with Crippen LogP contribution in [-0.2, 0) is 6.42 Å². The van der Waals surface area contributed by atoms with Gasteiger partial charge in [0.05, 0.1) is 13.0 Å². The van der Waals surface area contributed by atoms with Crippen molar-refractivity contribution >= 4 is 34.6 Å². The van der Waals surface area contributed by atoms with Crippen LogP contribution < -0.4 is 10.6 Å². The van der Waals surface area contributed by atoms with Gasteiger partial charge in [0.1, 0.15) is 0 Å². The molecule has 2 aromatic carbocycles. The van der Waals surface area contributed by atoms with Crippen LogP contribution in [0.1, 0.15) is 37.8 Å². The van der Waals surface area contributed by atoms with E-state index in [4.69, 9.17) is 37.5 Å². The highest BCUT2D eigenvalue weighted by molar-refractivity contribution is 7.80. The first-order valence-corrected chi connectivity index (χ1v) is 6.98. The lowest BCUT2D eigenvalue weighted by atomic mass is 10.00. The van der Waals surface area contributed by atoms with Crippen LogP contribution in [0.5, 0.6) is 0 Å². The number of anilines is 1. The van der Waals surface area contributed by atoms with Crippen molar-refractivity contribution in [3.05, 3.63) is 64.6 Å². The van der Waals surface area contributed by atoms with Gasteiger partial charge in [-0.1, -0.05) is 41.8 Å². The van der Waals surface area contributed by atoms with E-state index in [0.29, 0.717) is 0 Å². The molecule has 0 amide bonds. The molecule has 0 heterocycles. The Hall–Kier alpha value is -1.62. The molecule has 1 unspecified atom stereocenters. The molecule has 2 aromatic rings. The maximum Gasteiger partial charge on any atom is 0.170 e. The zero-order chi connectivity index (χ0) is 24.6. The molecule has 0 aliphatic rings. The van der Waals surface area contributed by atoms with Gasteiger partial charge in [0.15, 0.2) is 5.11 Å². The molecular formula is C17H19ClN2OS. The minimum absolute atomic E-state index is 0.103. The first kappa shape index (κ1) is 7.77. The summed E-state index contributed by atoms with van der Waals surface area (Å²) in [7, 11) is 0. The number of nitrogens with one attached hydrogen (secondary N) is 2. The Kier molecular flexibility index (Phi) is 2.87. The van der Waals surface area contributed by atoms with Crippen molar-refractivity contribution in [1.29, 1.82) is 0 Å². The van der Waals surface area contributed by atoms with Gasteiger partial charge in [-0.2, -0.15) is 0 Å². The summed E-state index contributed by atoms with van der Waals surface area (Å²) in [6.45, 7) is -5.82. The molecule has 0 aromatic heterocycles.